The Morgan fingerprint density at radius 2 is 1.89 bits per heavy atom. The molecular formula is C18H18F2N2O4S. The first-order valence-electron chi connectivity index (χ1n) is 8.33. The van der Waals surface area contributed by atoms with Crippen LogP contribution in [0.3, 0.4) is 0 Å². The zero-order valence-electron chi connectivity index (χ0n) is 14.2. The lowest BCUT2D eigenvalue weighted by Gasteiger charge is -2.12. The summed E-state index contributed by atoms with van der Waals surface area (Å²) >= 11 is 0. The zero-order chi connectivity index (χ0) is 19.4. The molecule has 0 bridgehead atoms. The van der Waals surface area contributed by atoms with Gasteiger partial charge in [0, 0.05) is 24.8 Å². The van der Waals surface area contributed by atoms with E-state index >= 15 is 0 Å². The maximum Gasteiger partial charge on any atom is 0.261 e. The first kappa shape index (κ1) is 19.2. The molecule has 2 aromatic carbocycles. The van der Waals surface area contributed by atoms with Crippen LogP contribution in [0.15, 0.2) is 47.4 Å². The molecule has 27 heavy (non-hydrogen) atoms. The van der Waals surface area contributed by atoms with E-state index < -0.39 is 21.7 Å². The molecule has 1 heterocycles. The second kappa shape index (κ2) is 8.01. The fourth-order valence-corrected chi connectivity index (χ4v) is 3.74. The minimum absolute atomic E-state index is 0.00315. The van der Waals surface area contributed by atoms with Crippen molar-refractivity contribution in [3.63, 3.8) is 0 Å². The minimum Gasteiger partial charge on any atom is -0.376 e. The van der Waals surface area contributed by atoms with Gasteiger partial charge in [0.1, 0.15) is 11.6 Å². The Labute approximate surface area is 155 Å². The van der Waals surface area contributed by atoms with Crippen LogP contribution >= 0.6 is 0 Å². The molecule has 0 aliphatic carbocycles. The van der Waals surface area contributed by atoms with Crippen LogP contribution in [0.4, 0.5) is 14.5 Å². The van der Waals surface area contributed by atoms with E-state index in [0.29, 0.717) is 24.8 Å². The fraction of sp³-hybridized carbons (Fsp3) is 0.278. The number of hydrogen-bond acceptors (Lipinski definition) is 4. The second-order valence-corrected chi connectivity index (χ2v) is 7.78. The van der Waals surface area contributed by atoms with Crippen molar-refractivity contribution in [1.29, 1.82) is 0 Å². The van der Waals surface area contributed by atoms with Crippen LogP contribution in [-0.4, -0.2) is 33.6 Å². The molecule has 0 radical (unpaired) electrons. The number of carbonyl (C=O) groups excluding carboxylic acids is 1. The summed E-state index contributed by atoms with van der Waals surface area (Å²) < 4.78 is 58.7. The van der Waals surface area contributed by atoms with Gasteiger partial charge in [-0.2, -0.15) is 0 Å². The predicted molar refractivity (Wildman–Crippen MR) is 94.9 cm³/mol. The van der Waals surface area contributed by atoms with Crippen LogP contribution in [0, 0.1) is 11.6 Å². The van der Waals surface area contributed by atoms with E-state index in [1.165, 1.54) is 24.3 Å². The highest BCUT2D eigenvalue weighted by Gasteiger charge is 2.19. The van der Waals surface area contributed by atoms with Crippen LogP contribution in [-0.2, 0) is 14.8 Å². The van der Waals surface area contributed by atoms with E-state index in [0.717, 1.165) is 25.0 Å². The third-order valence-electron chi connectivity index (χ3n) is 4.12. The van der Waals surface area contributed by atoms with Crippen molar-refractivity contribution in [2.45, 2.75) is 23.8 Å². The lowest BCUT2D eigenvalue weighted by molar-refractivity contribution is 0.0857. The molecule has 0 spiro atoms. The normalized spacial score (nSPS) is 16.9. The Morgan fingerprint density at radius 3 is 2.52 bits per heavy atom. The number of rotatable bonds is 6. The highest BCUT2D eigenvalue weighted by molar-refractivity contribution is 7.92. The van der Waals surface area contributed by atoms with Crippen LogP contribution in [0.5, 0.6) is 0 Å². The number of amides is 1. The first-order valence-corrected chi connectivity index (χ1v) is 9.81. The number of carbonyl (C=O) groups is 1. The van der Waals surface area contributed by atoms with Gasteiger partial charge in [0.25, 0.3) is 15.9 Å². The monoisotopic (exact) mass is 396 g/mol. The molecule has 1 amide bonds. The lowest BCUT2D eigenvalue weighted by Crippen LogP contribution is -2.31. The van der Waals surface area contributed by atoms with E-state index in [-0.39, 0.29) is 22.6 Å². The van der Waals surface area contributed by atoms with Gasteiger partial charge in [0.05, 0.1) is 16.7 Å². The Hall–Kier alpha value is -2.52. The van der Waals surface area contributed by atoms with Gasteiger partial charge >= 0.3 is 0 Å². The lowest BCUT2D eigenvalue weighted by atomic mass is 10.2. The van der Waals surface area contributed by atoms with Crippen molar-refractivity contribution < 1.29 is 26.7 Å². The summed E-state index contributed by atoms with van der Waals surface area (Å²) in [7, 11) is -4.08. The molecule has 9 heteroatoms. The van der Waals surface area contributed by atoms with Gasteiger partial charge in [0.15, 0.2) is 0 Å². The summed E-state index contributed by atoms with van der Waals surface area (Å²) in [6, 6.07) is 7.73. The topological polar surface area (TPSA) is 84.5 Å². The van der Waals surface area contributed by atoms with Crippen molar-refractivity contribution in [3.05, 3.63) is 59.7 Å². The molecule has 1 saturated heterocycles. The zero-order valence-corrected chi connectivity index (χ0v) is 15.1. The molecule has 1 aliphatic rings. The minimum atomic E-state index is -4.08. The van der Waals surface area contributed by atoms with Crippen molar-refractivity contribution >= 4 is 21.6 Å². The Morgan fingerprint density at radius 1 is 1.15 bits per heavy atom. The number of ether oxygens (including phenoxy) is 1. The maximum atomic E-state index is 13.6. The molecule has 1 fully saturated rings. The van der Waals surface area contributed by atoms with Gasteiger partial charge in [-0.15, -0.1) is 0 Å². The number of sulfonamides is 1. The van der Waals surface area contributed by atoms with Gasteiger partial charge < -0.3 is 10.1 Å². The number of benzene rings is 2. The third-order valence-corrected chi connectivity index (χ3v) is 5.50. The molecule has 1 unspecified atom stereocenters. The molecule has 1 atom stereocenters. The fourth-order valence-electron chi connectivity index (χ4n) is 2.68. The molecular weight excluding hydrogens is 378 g/mol. The average molecular weight is 396 g/mol. The Kier molecular flexibility index (Phi) is 5.71. The largest absolute Gasteiger partial charge is 0.376 e. The van der Waals surface area contributed by atoms with E-state index in [1.807, 2.05) is 0 Å². The van der Waals surface area contributed by atoms with Crippen LogP contribution in [0.1, 0.15) is 23.2 Å². The summed E-state index contributed by atoms with van der Waals surface area (Å²) in [6.45, 7) is 1.08. The maximum absolute atomic E-state index is 13.6. The quantitative estimate of drug-likeness (QED) is 0.786. The summed E-state index contributed by atoms with van der Waals surface area (Å²) in [6.07, 6.45) is 1.86. The average Bonchev–Trinajstić information content (AvgIpc) is 3.16. The van der Waals surface area contributed by atoms with Crippen LogP contribution in [0.2, 0.25) is 0 Å². The number of hydrogen-bond donors (Lipinski definition) is 2. The van der Waals surface area contributed by atoms with Crippen molar-refractivity contribution in [1.82, 2.24) is 5.32 Å². The number of halogens is 2. The van der Waals surface area contributed by atoms with Gasteiger partial charge in [0.2, 0.25) is 0 Å². The molecule has 0 saturated carbocycles. The SMILES string of the molecule is O=C(NCC1CCCO1)c1ccc(S(=O)(=O)Nc2ccc(F)cc2F)cc1. The van der Waals surface area contributed by atoms with Gasteiger partial charge in [-0.05, 0) is 49.2 Å². The van der Waals surface area contributed by atoms with E-state index in [1.54, 1.807) is 0 Å². The first-order chi connectivity index (χ1) is 12.8. The number of nitrogens with one attached hydrogen (secondary N) is 2. The highest BCUT2D eigenvalue weighted by Crippen LogP contribution is 2.20. The molecule has 2 N–H and O–H groups in total. The van der Waals surface area contributed by atoms with E-state index in [9.17, 15) is 22.0 Å². The highest BCUT2D eigenvalue weighted by atomic mass is 32.2. The molecule has 3 rings (SSSR count). The molecule has 6 nitrogen and oxygen atoms in total. The predicted octanol–water partition coefficient (Wildman–Crippen LogP) is 2.67. The van der Waals surface area contributed by atoms with Crippen LogP contribution < -0.4 is 10.0 Å². The summed E-state index contributed by atoms with van der Waals surface area (Å²) in [5, 5.41) is 2.74. The molecule has 1 aliphatic heterocycles. The van der Waals surface area contributed by atoms with Crippen molar-refractivity contribution in [2.75, 3.05) is 17.9 Å². The van der Waals surface area contributed by atoms with E-state index in [2.05, 4.69) is 10.0 Å². The summed E-state index contributed by atoms with van der Waals surface area (Å²) in [5.74, 6) is -2.18. The standard InChI is InChI=1S/C18H18F2N2O4S/c19-13-5-8-17(16(20)10-13)22-27(24,25)15-6-3-12(4-7-15)18(23)21-11-14-2-1-9-26-14/h3-8,10,14,22H,1-2,9,11H2,(H,21,23). The second-order valence-electron chi connectivity index (χ2n) is 6.10. The summed E-state index contributed by atoms with van der Waals surface area (Å²) in [5.41, 5.74) is -0.0744. The Bertz CT molecular complexity index is 927. The summed E-state index contributed by atoms with van der Waals surface area (Å²) in [4.78, 5) is 12.0. The molecule has 144 valence electrons. The van der Waals surface area contributed by atoms with Crippen molar-refractivity contribution in [3.8, 4) is 0 Å². The molecule has 2 aromatic rings. The van der Waals surface area contributed by atoms with E-state index in [4.69, 9.17) is 4.74 Å². The van der Waals surface area contributed by atoms with Crippen molar-refractivity contribution in [2.24, 2.45) is 0 Å². The smallest absolute Gasteiger partial charge is 0.261 e. The van der Waals surface area contributed by atoms with Gasteiger partial charge in [-0.3, -0.25) is 9.52 Å². The van der Waals surface area contributed by atoms with Crippen LogP contribution in [0.25, 0.3) is 0 Å². The Balaban J connectivity index is 1.66. The van der Waals surface area contributed by atoms with Gasteiger partial charge in [-0.25, -0.2) is 17.2 Å². The van der Waals surface area contributed by atoms with Gasteiger partial charge in [-0.1, -0.05) is 0 Å². The third kappa shape index (κ3) is 4.81. The molecule has 0 aromatic heterocycles. The number of anilines is 1.